The Morgan fingerprint density at radius 2 is 1.92 bits per heavy atom. The van der Waals surface area contributed by atoms with Gasteiger partial charge in [-0.05, 0) is 72.8 Å². The Kier molecular flexibility index (Phi) is 6.11. The summed E-state index contributed by atoms with van der Waals surface area (Å²) in [5.41, 5.74) is -3.06. The lowest BCUT2D eigenvalue weighted by atomic mass is 9.51. The second-order valence-corrected chi connectivity index (χ2v) is 12.5. The van der Waals surface area contributed by atoms with Gasteiger partial charge in [0.15, 0.2) is 0 Å². The summed E-state index contributed by atoms with van der Waals surface area (Å²) in [5, 5.41) is 21.1. The summed E-state index contributed by atoms with van der Waals surface area (Å²) in [6.45, 7) is 2.04. The van der Waals surface area contributed by atoms with Crippen LogP contribution in [0.15, 0.2) is 47.1 Å². The Balaban J connectivity index is 1.57. The van der Waals surface area contributed by atoms with E-state index in [0.29, 0.717) is 32.1 Å². The zero-order valence-corrected chi connectivity index (χ0v) is 21.2. The number of hydrogen-bond donors (Lipinski definition) is 1. The van der Waals surface area contributed by atoms with Gasteiger partial charge in [-0.3, -0.25) is 4.79 Å². The van der Waals surface area contributed by atoms with E-state index in [0.717, 1.165) is 24.0 Å². The van der Waals surface area contributed by atoms with Gasteiger partial charge in [-0.2, -0.15) is 26.9 Å². The van der Waals surface area contributed by atoms with Crippen LogP contribution in [0.25, 0.3) is 0 Å². The number of Topliss-reactive ketones (excluding diaryl/α,β-unsaturated/α-hetero) is 1. The lowest BCUT2D eigenvalue weighted by molar-refractivity contribution is -0.118. The first-order valence-corrected chi connectivity index (χ1v) is 13.8. The molecule has 4 aliphatic carbocycles. The molecule has 0 spiro atoms. The van der Waals surface area contributed by atoms with Gasteiger partial charge in [0.1, 0.15) is 11.5 Å². The van der Waals surface area contributed by atoms with Gasteiger partial charge < -0.3 is 9.29 Å². The molecule has 0 heterocycles. The fraction of sp³-hybridized carbons (Fsp3) is 0.556. The number of nitrogens with zero attached hydrogens (tertiary/aromatic N) is 1. The van der Waals surface area contributed by atoms with E-state index in [2.05, 4.69) is 16.3 Å². The molecule has 3 saturated carbocycles. The molecule has 198 valence electrons. The number of fused-ring (bicyclic) bond motifs is 4. The van der Waals surface area contributed by atoms with Crippen LogP contribution in [0.4, 0.5) is 13.2 Å². The minimum absolute atomic E-state index is 0.0169. The Bertz CT molecular complexity index is 1340. The number of alkyl halides is 3. The predicted molar refractivity (Wildman–Crippen MR) is 127 cm³/mol. The van der Waals surface area contributed by atoms with E-state index in [4.69, 9.17) is 0 Å². The van der Waals surface area contributed by atoms with Gasteiger partial charge in [-0.15, -0.1) is 0 Å². The fourth-order valence-corrected chi connectivity index (χ4v) is 7.80. The zero-order valence-electron chi connectivity index (χ0n) is 20.3. The molecule has 0 aliphatic heterocycles. The molecule has 0 unspecified atom stereocenters. The second kappa shape index (κ2) is 8.70. The van der Waals surface area contributed by atoms with E-state index in [1.807, 2.05) is 6.92 Å². The summed E-state index contributed by atoms with van der Waals surface area (Å²) in [5.74, 6) is -0.174. The van der Waals surface area contributed by atoms with Crippen LogP contribution in [0.2, 0.25) is 0 Å². The minimum atomic E-state index is -5.78. The number of ketones is 1. The van der Waals surface area contributed by atoms with Crippen molar-refractivity contribution < 1.29 is 35.7 Å². The molecule has 3 fully saturated rings. The maximum absolute atomic E-state index is 12.8. The number of halogens is 3. The van der Waals surface area contributed by atoms with Gasteiger partial charge in [-0.25, -0.2) is 0 Å². The Morgan fingerprint density at radius 1 is 1.22 bits per heavy atom. The van der Waals surface area contributed by atoms with Gasteiger partial charge in [0, 0.05) is 24.2 Å². The van der Waals surface area contributed by atoms with Crippen LogP contribution in [0, 0.1) is 28.6 Å². The highest BCUT2D eigenvalue weighted by atomic mass is 32.2. The van der Waals surface area contributed by atoms with Gasteiger partial charge in [0.05, 0.1) is 18.1 Å². The molecule has 0 aromatic heterocycles. The first-order chi connectivity index (χ1) is 17.3. The zero-order chi connectivity index (χ0) is 26.8. The molecule has 0 saturated heterocycles. The molecule has 0 amide bonds. The summed E-state index contributed by atoms with van der Waals surface area (Å²) in [7, 11) is -5.78. The van der Waals surface area contributed by atoms with Crippen LogP contribution in [-0.4, -0.2) is 30.4 Å². The van der Waals surface area contributed by atoms with Gasteiger partial charge in [0.2, 0.25) is 0 Å². The molecule has 1 aromatic rings. The largest absolute Gasteiger partial charge is 0.534 e. The number of aliphatic hydroxyl groups is 1. The molecule has 6 nitrogen and oxygen atoms in total. The Labute approximate surface area is 213 Å². The SMILES string of the molecule is C[C@]12C[C@H](c3ccc(OS(=O)(=O)C(F)(F)F)cc3)C3=C4CCC(=O)CC4=CC[C@H]3[C@@H]1CC[C@@]2(O)CC#N. The predicted octanol–water partition coefficient (Wildman–Crippen LogP) is 5.46. The van der Waals surface area contributed by atoms with Crippen molar-refractivity contribution in [3.8, 4) is 11.8 Å². The molecule has 0 bridgehead atoms. The average molecular weight is 536 g/mol. The number of carbonyl (C=O) groups is 1. The highest BCUT2D eigenvalue weighted by Crippen LogP contribution is 2.67. The third kappa shape index (κ3) is 4.11. The van der Waals surface area contributed by atoms with Crippen LogP contribution in [-0.2, 0) is 14.9 Å². The summed E-state index contributed by atoms with van der Waals surface area (Å²) in [6.07, 6.45) is 6.20. The molecule has 10 heteroatoms. The molecule has 5 atom stereocenters. The average Bonchev–Trinajstić information content (AvgIpc) is 3.08. The van der Waals surface area contributed by atoms with Crippen molar-refractivity contribution >= 4 is 15.9 Å². The number of nitriles is 1. The first kappa shape index (κ1) is 26.0. The van der Waals surface area contributed by atoms with Crippen molar-refractivity contribution in [1.29, 1.82) is 5.26 Å². The molecule has 4 aliphatic rings. The molecule has 5 rings (SSSR count). The van der Waals surface area contributed by atoms with Crippen molar-refractivity contribution in [2.45, 2.75) is 75.3 Å². The normalized spacial score (nSPS) is 33.7. The number of allylic oxidation sites excluding steroid dienone is 4. The molecule has 0 radical (unpaired) electrons. The summed E-state index contributed by atoms with van der Waals surface area (Å²) >= 11 is 0. The van der Waals surface area contributed by atoms with Crippen LogP contribution < -0.4 is 4.18 Å². The van der Waals surface area contributed by atoms with Crippen molar-refractivity contribution in [2.75, 3.05) is 0 Å². The lowest BCUT2D eigenvalue weighted by Gasteiger charge is -2.54. The van der Waals surface area contributed by atoms with Gasteiger partial charge in [-0.1, -0.05) is 30.7 Å². The van der Waals surface area contributed by atoms with Gasteiger partial charge >= 0.3 is 15.6 Å². The standard InChI is InChI=1S/C27H28F3NO5S/c1-25-15-22(16-2-6-19(7-3-16)36-37(34,35)27(28,29)30)24-20-9-5-18(32)14-17(20)4-8-21(24)23(25)10-11-26(25,33)12-13-31/h2-4,6-7,21-23,33H,5,8-12,14-15H2,1H3/t21-,22+,23-,25-,26+/m0/s1. The monoisotopic (exact) mass is 535 g/mol. The topological polar surface area (TPSA) is 104 Å². The van der Waals surface area contributed by atoms with Crippen molar-refractivity contribution in [1.82, 2.24) is 0 Å². The van der Waals surface area contributed by atoms with E-state index in [1.54, 1.807) is 12.1 Å². The van der Waals surface area contributed by atoms with E-state index < -0.39 is 32.4 Å². The lowest BCUT2D eigenvalue weighted by Crippen LogP contribution is -2.51. The number of benzene rings is 1. The van der Waals surface area contributed by atoms with Crippen molar-refractivity contribution in [3.05, 3.63) is 52.6 Å². The summed E-state index contributed by atoms with van der Waals surface area (Å²) in [4.78, 5) is 12.2. The van der Waals surface area contributed by atoms with E-state index >= 15 is 0 Å². The maximum Gasteiger partial charge on any atom is 0.534 e. The second-order valence-electron chi connectivity index (χ2n) is 11.0. The molecule has 37 heavy (non-hydrogen) atoms. The van der Waals surface area contributed by atoms with Crippen LogP contribution in [0.1, 0.15) is 69.8 Å². The van der Waals surface area contributed by atoms with E-state index in [1.165, 1.54) is 23.3 Å². The maximum atomic E-state index is 12.8. The Morgan fingerprint density at radius 3 is 2.57 bits per heavy atom. The fourth-order valence-electron chi connectivity index (χ4n) is 7.34. The van der Waals surface area contributed by atoms with Gasteiger partial charge in [0.25, 0.3) is 0 Å². The smallest absolute Gasteiger partial charge is 0.388 e. The van der Waals surface area contributed by atoms with E-state index in [-0.39, 0.29) is 30.0 Å². The minimum Gasteiger partial charge on any atom is -0.388 e. The third-order valence-corrected chi connectivity index (χ3v) is 10.2. The summed E-state index contributed by atoms with van der Waals surface area (Å²) < 4.78 is 65.5. The first-order valence-electron chi connectivity index (χ1n) is 12.4. The van der Waals surface area contributed by atoms with Crippen LogP contribution >= 0.6 is 0 Å². The third-order valence-electron chi connectivity index (χ3n) is 9.18. The van der Waals surface area contributed by atoms with E-state index in [9.17, 15) is 36.8 Å². The van der Waals surface area contributed by atoms with Crippen LogP contribution in [0.5, 0.6) is 5.75 Å². The molecule has 1 aromatic carbocycles. The quantitative estimate of drug-likeness (QED) is 0.406. The van der Waals surface area contributed by atoms with Crippen molar-refractivity contribution in [2.24, 2.45) is 17.3 Å². The molecule has 1 N–H and O–H groups in total. The van der Waals surface area contributed by atoms with Crippen LogP contribution in [0.3, 0.4) is 0 Å². The Hall–Kier alpha value is -2.64. The highest BCUT2D eigenvalue weighted by Gasteiger charge is 2.62. The van der Waals surface area contributed by atoms with Crippen molar-refractivity contribution in [3.63, 3.8) is 0 Å². The number of hydrogen-bond acceptors (Lipinski definition) is 6. The number of rotatable bonds is 4. The molecular weight excluding hydrogens is 507 g/mol. The number of carbonyl (C=O) groups excluding carboxylic acids is 1. The summed E-state index contributed by atoms with van der Waals surface area (Å²) in [6, 6.07) is 7.73. The highest BCUT2D eigenvalue weighted by molar-refractivity contribution is 7.88. The molecular formula is C27H28F3NO5S.